The molecule has 0 heterocycles. The average Bonchev–Trinajstić information content (AvgIpc) is 2.90. The fraction of sp³-hybridized carbons (Fsp3) is 0.286. The highest BCUT2D eigenvalue weighted by molar-refractivity contribution is 7.92. The minimum absolute atomic E-state index is 0.100. The Kier molecular flexibility index (Phi) is 9.46. The quantitative estimate of drug-likeness (QED) is 0.397. The third kappa shape index (κ3) is 6.89. The SMILES string of the molecule is CCOc1ccc(N(CC(=O)N(Cc2cccc(C)c2)C(C)C(=O)NC)S(=O)(=O)c2ccc(F)cc2)cc1. The Morgan fingerprint density at radius 1 is 1.03 bits per heavy atom. The molecule has 0 aliphatic carbocycles. The number of amides is 2. The van der Waals surface area contributed by atoms with E-state index in [9.17, 15) is 22.4 Å². The third-order valence-corrected chi connectivity index (χ3v) is 7.75. The largest absolute Gasteiger partial charge is 0.494 e. The Balaban J connectivity index is 2.03. The van der Waals surface area contributed by atoms with Crippen LogP contribution < -0.4 is 14.4 Å². The molecule has 1 atom stereocenters. The van der Waals surface area contributed by atoms with Crippen LogP contribution in [-0.4, -0.2) is 51.4 Å². The van der Waals surface area contributed by atoms with Crippen LogP contribution >= 0.6 is 0 Å². The van der Waals surface area contributed by atoms with E-state index < -0.39 is 34.3 Å². The number of nitrogens with zero attached hydrogens (tertiary/aromatic N) is 2. The normalized spacial score (nSPS) is 11.9. The predicted octanol–water partition coefficient (Wildman–Crippen LogP) is 3.89. The van der Waals surface area contributed by atoms with Crippen molar-refractivity contribution in [3.05, 3.63) is 89.7 Å². The van der Waals surface area contributed by atoms with Gasteiger partial charge in [-0.15, -0.1) is 0 Å². The van der Waals surface area contributed by atoms with Crippen LogP contribution in [-0.2, 0) is 26.2 Å². The van der Waals surface area contributed by atoms with Crippen molar-refractivity contribution in [3.63, 3.8) is 0 Å². The number of ether oxygens (including phenoxy) is 1. The zero-order chi connectivity index (χ0) is 27.9. The van der Waals surface area contributed by atoms with Gasteiger partial charge >= 0.3 is 0 Å². The smallest absolute Gasteiger partial charge is 0.264 e. The molecule has 0 radical (unpaired) electrons. The van der Waals surface area contributed by atoms with E-state index >= 15 is 0 Å². The molecule has 3 aromatic carbocycles. The van der Waals surface area contributed by atoms with Gasteiger partial charge in [0.25, 0.3) is 10.0 Å². The molecule has 0 saturated carbocycles. The van der Waals surface area contributed by atoms with E-state index in [1.807, 2.05) is 38.1 Å². The molecule has 1 unspecified atom stereocenters. The maximum atomic E-state index is 13.7. The number of likely N-dealkylation sites (N-methyl/N-ethyl adjacent to an activating group) is 1. The van der Waals surface area contributed by atoms with Gasteiger partial charge in [0.05, 0.1) is 17.2 Å². The fourth-order valence-electron chi connectivity index (χ4n) is 3.94. The zero-order valence-electron chi connectivity index (χ0n) is 21.8. The second-order valence-electron chi connectivity index (χ2n) is 8.69. The van der Waals surface area contributed by atoms with Gasteiger partial charge in [-0.25, -0.2) is 12.8 Å². The highest BCUT2D eigenvalue weighted by Crippen LogP contribution is 2.27. The van der Waals surface area contributed by atoms with Crippen LogP contribution in [0.4, 0.5) is 10.1 Å². The second-order valence-corrected chi connectivity index (χ2v) is 10.6. The molecule has 10 heteroatoms. The highest BCUT2D eigenvalue weighted by Gasteiger charge is 2.32. The molecule has 3 rings (SSSR count). The molecular formula is C28H32FN3O5S. The molecule has 3 aromatic rings. The third-order valence-electron chi connectivity index (χ3n) is 5.97. The number of carbonyl (C=O) groups excluding carboxylic acids is 2. The first-order valence-electron chi connectivity index (χ1n) is 12.1. The number of nitrogens with one attached hydrogen (secondary N) is 1. The lowest BCUT2D eigenvalue weighted by atomic mass is 10.1. The van der Waals surface area contributed by atoms with E-state index in [0.717, 1.165) is 39.7 Å². The summed E-state index contributed by atoms with van der Waals surface area (Å²) in [7, 11) is -2.81. The Hall–Kier alpha value is -3.92. The monoisotopic (exact) mass is 541 g/mol. The van der Waals surface area contributed by atoms with Crippen molar-refractivity contribution in [1.82, 2.24) is 10.2 Å². The number of benzene rings is 3. The molecule has 0 saturated heterocycles. The molecule has 2 amide bonds. The summed E-state index contributed by atoms with van der Waals surface area (Å²) in [6.45, 7) is 5.28. The maximum Gasteiger partial charge on any atom is 0.264 e. The second kappa shape index (κ2) is 12.6. The molecular weight excluding hydrogens is 509 g/mol. The van der Waals surface area contributed by atoms with E-state index in [-0.39, 0.29) is 23.0 Å². The average molecular weight is 542 g/mol. The van der Waals surface area contributed by atoms with Gasteiger partial charge in [-0.05, 0) is 74.9 Å². The number of sulfonamides is 1. The van der Waals surface area contributed by atoms with Crippen molar-refractivity contribution in [2.75, 3.05) is 24.5 Å². The molecule has 1 N–H and O–H groups in total. The topological polar surface area (TPSA) is 96.0 Å². The van der Waals surface area contributed by atoms with E-state index in [0.29, 0.717) is 12.4 Å². The van der Waals surface area contributed by atoms with Crippen LogP contribution in [0.25, 0.3) is 0 Å². The number of anilines is 1. The lowest BCUT2D eigenvalue weighted by molar-refractivity contribution is -0.139. The molecule has 0 aromatic heterocycles. The Morgan fingerprint density at radius 2 is 1.68 bits per heavy atom. The van der Waals surface area contributed by atoms with Crippen molar-refractivity contribution >= 4 is 27.5 Å². The summed E-state index contributed by atoms with van der Waals surface area (Å²) in [5.74, 6) is -1.02. The number of hydrogen-bond donors (Lipinski definition) is 1. The summed E-state index contributed by atoms with van der Waals surface area (Å²) in [6.07, 6.45) is 0. The lowest BCUT2D eigenvalue weighted by Gasteiger charge is -2.32. The number of hydrogen-bond acceptors (Lipinski definition) is 5. The van der Waals surface area contributed by atoms with Gasteiger partial charge in [0.15, 0.2) is 0 Å². The first kappa shape index (κ1) is 28.6. The number of aryl methyl sites for hydroxylation is 1. The van der Waals surface area contributed by atoms with Crippen molar-refractivity contribution in [2.24, 2.45) is 0 Å². The summed E-state index contributed by atoms with van der Waals surface area (Å²) >= 11 is 0. The van der Waals surface area contributed by atoms with Gasteiger partial charge in [-0.1, -0.05) is 29.8 Å². The molecule has 8 nitrogen and oxygen atoms in total. The summed E-state index contributed by atoms with van der Waals surface area (Å²) in [6, 6.07) is 17.3. The first-order chi connectivity index (χ1) is 18.1. The fourth-order valence-corrected chi connectivity index (χ4v) is 5.35. The van der Waals surface area contributed by atoms with Gasteiger partial charge in [0.1, 0.15) is 24.2 Å². The van der Waals surface area contributed by atoms with Gasteiger partial charge < -0.3 is 15.0 Å². The van der Waals surface area contributed by atoms with Crippen molar-refractivity contribution in [1.29, 1.82) is 0 Å². The predicted molar refractivity (Wildman–Crippen MR) is 144 cm³/mol. The highest BCUT2D eigenvalue weighted by atomic mass is 32.2. The molecule has 0 bridgehead atoms. The Bertz CT molecular complexity index is 1360. The van der Waals surface area contributed by atoms with E-state index in [4.69, 9.17) is 4.74 Å². The van der Waals surface area contributed by atoms with Gasteiger partial charge in [0, 0.05) is 13.6 Å². The molecule has 0 spiro atoms. The molecule has 0 aliphatic rings. The van der Waals surface area contributed by atoms with Crippen LogP contribution in [0.5, 0.6) is 5.75 Å². The maximum absolute atomic E-state index is 13.7. The van der Waals surface area contributed by atoms with Crippen molar-refractivity contribution in [3.8, 4) is 5.75 Å². The Labute approximate surface area is 223 Å². The molecule has 38 heavy (non-hydrogen) atoms. The zero-order valence-corrected chi connectivity index (χ0v) is 22.7. The van der Waals surface area contributed by atoms with Gasteiger partial charge in [-0.3, -0.25) is 13.9 Å². The summed E-state index contributed by atoms with van der Waals surface area (Å²) in [5, 5.41) is 2.55. The van der Waals surface area contributed by atoms with Crippen LogP contribution in [0.3, 0.4) is 0 Å². The number of carbonyl (C=O) groups is 2. The summed E-state index contributed by atoms with van der Waals surface area (Å²) in [4.78, 5) is 27.4. The van der Waals surface area contributed by atoms with Crippen LogP contribution in [0.1, 0.15) is 25.0 Å². The van der Waals surface area contributed by atoms with Crippen LogP contribution in [0, 0.1) is 12.7 Å². The van der Waals surface area contributed by atoms with Gasteiger partial charge in [-0.2, -0.15) is 0 Å². The van der Waals surface area contributed by atoms with Crippen molar-refractivity contribution < 1.29 is 27.1 Å². The van der Waals surface area contributed by atoms with E-state index in [1.54, 1.807) is 19.1 Å². The van der Waals surface area contributed by atoms with Crippen molar-refractivity contribution in [2.45, 2.75) is 38.3 Å². The number of rotatable bonds is 11. The first-order valence-corrected chi connectivity index (χ1v) is 13.6. The summed E-state index contributed by atoms with van der Waals surface area (Å²) in [5.41, 5.74) is 2.00. The molecule has 0 aliphatic heterocycles. The standard InChI is InChI=1S/C28H32FN3O5S/c1-5-37-25-13-11-24(12-14-25)32(38(35,36)26-15-9-23(29)10-16-26)19-27(33)31(21(3)28(34)30-4)18-22-8-6-7-20(2)17-22/h6-17,21H,5,18-19H2,1-4H3,(H,30,34). The van der Waals surface area contributed by atoms with Crippen LogP contribution in [0.15, 0.2) is 77.7 Å². The number of halogens is 1. The minimum atomic E-state index is -4.28. The van der Waals surface area contributed by atoms with E-state index in [2.05, 4.69) is 5.32 Å². The summed E-state index contributed by atoms with van der Waals surface area (Å²) < 4.78 is 47.4. The molecule has 0 fully saturated rings. The lowest BCUT2D eigenvalue weighted by Crippen LogP contribution is -2.50. The van der Waals surface area contributed by atoms with E-state index in [1.165, 1.54) is 24.1 Å². The Morgan fingerprint density at radius 3 is 2.26 bits per heavy atom. The van der Waals surface area contributed by atoms with Crippen LogP contribution in [0.2, 0.25) is 0 Å². The molecule has 202 valence electrons. The minimum Gasteiger partial charge on any atom is -0.494 e. The van der Waals surface area contributed by atoms with Gasteiger partial charge in [0.2, 0.25) is 11.8 Å².